The number of amides is 1. The third kappa shape index (κ3) is 3.33. The highest BCUT2D eigenvalue weighted by Gasteiger charge is 2.25. The Balaban J connectivity index is 1.74. The predicted molar refractivity (Wildman–Crippen MR) is 87.5 cm³/mol. The third-order valence-corrected chi connectivity index (χ3v) is 4.90. The summed E-state index contributed by atoms with van der Waals surface area (Å²) in [6, 6.07) is 8.30. The molecule has 2 aliphatic rings. The Kier molecular flexibility index (Phi) is 4.27. The van der Waals surface area contributed by atoms with Crippen molar-refractivity contribution in [3.05, 3.63) is 39.2 Å². The topological polar surface area (TPSA) is 41.5 Å². The van der Waals surface area contributed by atoms with E-state index in [4.69, 9.17) is 0 Å². The fraction of sp³-hybridized carbons (Fsp3) is 0.333. The summed E-state index contributed by atoms with van der Waals surface area (Å²) < 4.78 is 1.03. The number of halogens is 1. The predicted octanol–water partition coefficient (Wildman–Crippen LogP) is 3.95. The Labute approximate surface area is 131 Å². The number of thioether (sulfide) groups is 1. The molecule has 0 radical (unpaired) electrons. The summed E-state index contributed by atoms with van der Waals surface area (Å²) in [7, 11) is 0. The van der Waals surface area contributed by atoms with E-state index in [0.717, 1.165) is 28.0 Å². The van der Waals surface area contributed by atoms with Crippen LogP contribution in [0, 0.1) is 0 Å². The normalized spacial score (nSPS) is 23.8. The van der Waals surface area contributed by atoms with E-state index < -0.39 is 0 Å². The number of hydrogen-bond acceptors (Lipinski definition) is 3. The molecule has 3 nitrogen and oxygen atoms in total. The number of nitrogens with zero attached hydrogens (tertiary/aromatic N) is 1. The van der Waals surface area contributed by atoms with Crippen LogP contribution in [0.25, 0.3) is 6.08 Å². The highest BCUT2D eigenvalue weighted by molar-refractivity contribution is 9.10. The van der Waals surface area contributed by atoms with Crippen LogP contribution in [0.3, 0.4) is 0 Å². The van der Waals surface area contributed by atoms with Crippen molar-refractivity contribution in [2.24, 2.45) is 4.99 Å². The second kappa shape index (κ2) is 6.14. The average molecular weight is 351 g/mol. The van der Waals surface area contributed by atoms with Gasteiger partial charge in [-0.05, 0) is 48.4 Å². The van der Waals surface area contributed by atoms with E-state index in [0.29, 0.717) is 10.9 Å². The Hall–Kier alpha value is -1.07. The van der Waals surface area contributed by atoms with Gasteiger partial charge in [-0.3, -0.25) is 9.79 Å². The third-order valence-electron chi connectivity index (χ3n) is 3.44. The zero-order valence-electron chi connectivity index (χ0n) is 10.9. The minimum Gasteiger partial charge on any atom is -0.301 e. The van der Waals surface area contributed by atoms with E-state index in [2.05, 4.69) is 26.2 Å². The molecule has 2 fully saturated rings. The van der Waals surface area contributed by atoms with Gasteiger partial charge in [0.2, 0.25) is 0 Å². The summed E-state index contributed by atoms with van der Waals surface area (Å²) >= 11 is 4.85. The van der Waals surface area contributed by atoms with E-state index in [1.54, 1.807) is 0 Å². The van der Waals surface area contributed by atoms with Gasteiger partial charge in [0.25, 0.3) is 5.91 Å². The molecule has 1 N–H and O–H groups in total. The Morgan fingerprint density at radius 3 is 2.65 bits per heavy atom. The van der Waals surface area contributed by atoms with Crippen LogP contribution in [-0.2, 0) is 4.79 Å². The summed E-state index contributed by atoms with van der Waals surface area (Å²) in [6.45, 7) is 0. The van der Waals surface area contributed by atoms with Crippen LogP contribution in [0.15, 0.2) is 38.6 Å². The molecule has 1 saturated carbocycles. The first-order chi connectivity index (χ1) is 9.70. The van der Waals surface area contributed by atoms with E-state index in [9.17, 15) is 4.79 Å². The lowest BCUT2D eigenvalue weighted by Gasteiger charge is -2.02. The largest absolute Gasteiger partial charge is 0.301 e. The molecule has 1 aromatic rings. The first-order valence-corrected chi connectivity index (χ1v) is 8.36. The molecule has 1 heterocycles. The number of aliphatic imine (C=N–C) groups is 1. The number of hydrogen-bond donors (Lipinski definition) is 1. The molecule has 0 bridgehead atoms. The lowest BCUT2D eigenvalue weighted by atomic mass is 10.2. The number of rotatable bonds is 2. The van der Waals surface area contributed by atoms with E-state index in [1.165, 1.54) is 24.6 Å². The summed E-state index contributed by atoms with van der Waals surface area (Å²) in [5.41, 5.74) is 1.02. The zero-order chi connectivity index (χ0) is 13.9. The fourth-order valence-electron chi connectivity index (χ4n) is 2.40. The van der Waals surface area contributed by atoms with E-state index >= 15 is 0 Å². The number of nitrogens with one attached hydrogen (secondary N) is 1. The number of carbonyl (C=O) groups excluding carboxylic acids is 1. The van der Waals surface area contributed by atoms with Gasteiger partial charge in [0.15, 0.2) is 5.17 Å². The summed E-state index contributed by atoms with van der Waals surface area (Å²) in [5.74, 6) is -0.0466. The maximum atomic E-state index is 11.9. The van der Waals surface area contributed by atoms with Crippen molar-refractivity contribution >= 4 is 44.8 Å². The van der Waals surface area contributed by atoms with Gasteiger partial charge in [0, 0.05) is 4.47 Å². The van der Waals surface area contributed by atoms with Crippen LogP contribution in [0.2, 0.25) is 0 Å². The molecule has 0 atom stereocenters. The minimum absolute atomic E-state index is 0.0466. The van der Waals surface area contributed by atoms with Gasteiger partial charge in [-0.25, -0.2) is 0 Å². The second-order valence-electron chi connectivity index (χ2n) is 4.99. The SMILES string of the molecule is O=C1NC(=NC2CCCC2)S/C1=C\c1ccc(Br)cc1. The molecule has 104 valence electrons. The molecule has 20 heavy (non-hydrogen) atoms. The van der Waals surface area contributed by atoms with Crippen LogP contribution < -0.4 is 5.32 Å². The van der Waals surface area contributed by atoms with E-state index in [-0.39, 0.29) is 5.91 Å². The van der Waals surface area contributed by atoms with Crippen molar-refractivity contribution in [1.29, 1.82) is 0 Å². The Morgan fingerprint density at radius 2 is 1.95 bits per heavy atom. The van der Waals surface area contributed by atoms with Crippen LogP contribution in [-0.4, -0.2) is 17.1 Å². The number of benzene rings is 1. The molecule has 1 saturated heterocycles. The lowest BCUT2D eigenvalue weighted by Crippen LogP contribution is -2.21. The molecular weight excluding hydrogens is 336 g/mol. The highest BCUT2D eigenvalue weighted by Crippen LogP contribution is 2.29. The van der Waals surface area contributed by atoms with Crippen molar-refractivity contribution < 1.29 is 4.79 Å². The van der Waals surface area contributed by atoms with Gasteiger partial charge in [-0.1, -0.05) is 40.9 Å². The van der Waals surface area contributed by atoms with Gasteiger partial charge in [-0.15, -0.1) is 0 Å². The second-order valence-corrected chi connectivity index (χ2v) is 6.94. The van der Waals surface area contributed by atoms with Crippen molar-refractivity contribution in [1.82, 2.24) is 5.32 Å². The molecule has 0 unspecified atom stereocenters. The molecule has 5 heteroatoms. The zero-order valence-corrected chi connectivity index (χ0v) is 13.3. The Bertz CT molecular complexity index is 574. The number of amidine groups is 1. The molecule has 1 amide bonds. The van der Waals surface area contributed by atoms with Crippen LogP contribution in [0.5, 0.6) is 0 Å². The molecule has 3 rings (SSSR count). The minimum atomic E-state index is -0.0466. The molecule has 1 aromatic carbocycles. The summed E-state index contributed by atoms with van der Waals surface area (Å²) in [6.07, 6.45) is 6.70. The van der Waals surface area contributed by atoms with Gasteiger partial charge in [0.05, 0.1) is 10.9 Å². The van der Waals surface area contributed by atoms with Crippen molar-refractivity contribution in [2.75, 3.05) is 0 Å². The first-order valence-electron chi connectivity index (χ1n) is 6.75. The van der Waals surface area contributed by atoms with Gasteiger partial charge < -0.3 is 5.32 Å². The van der Waals surface area contributed by atoms with Gasteiger partial charge in [-0.2, -0.15) is 0 Å². The van der Waals surface area contributed by atoms with Crippen molar-refractivity contribution in [3.8, 4) is 0 Å². The molecule has 1 aliphatic heterocycles. The monoisotopic (exact) mass is 350 g/mol. The quantitative estimate of drug-likeness (QED) is 0.820. The number of carbonyl (C=O) groups is 1. The molecule has 0 spiro atoms. The van der Waals surface area contributed by atoms with Gasteiger partial charge >= 0.3 is 0 Å². The van der Waals surface area contributed by atoms with Crippen molar-refractivity contribution in [3.63, 3.8) is 0 Å². The van der Waals surface area contributed by atoms with Crippen LogP contribution in [0.1, 0.15) is 31.2 Å². The maximum Gasteiger partial charge on any atom is 0.264 e. The first kappa shape index (κ1) is 13.9. The Morgan fingerprint density at radius 1 is 1.25 bits per heavy atom. The standard InChI is InChI=1S/C15H15BrN2OS/c16-11-7-5-10(6-8-11)9-13-14(19)18-15(20-13)17-12-3-1-2-4-12/h5-9,12H,1-4H2,(H,17,18,19)/b13-9-. The molecule has 1 aliphatic carbocycles. The molecule has 0 aromatic heterocycles. The summed E-state index contributed by atoms with van der Waals surface area (Å²) in [4.78, 5) is 17.3. The van der Waals surface area contributed by atoms with Gasteiger partial charge in [0.1, 0.15) is 0 Å². The van der Waals surface area contributed by atoms with E-state index in [1.807, 2.05) is 30.3 Å². The maximum absolute atomic E-state index is 11.9. The summed E-state index contributed by atoms with van der Waals surface area (Å²) in [5, 5.41) is 3.61. The van der Waals surface area contributed by atoms with Crippen molar-refractivity contribution in [2.45, 2.75) is 31.7 Å². The smallest absolute Gasteiger partial charge is 0.264 e. The lowest BCUT2D eigenvalue weighted by molar-refractivity contribution is -0.115. The van der Waals surface area contributed by atoms with Crippen LogP contribution in [0.4, 0.5) is 0 Å². The molecular formula is C15H15BrN2OS. The average Bonchev–Trinajstić information content (AvgIpc) is 3.04. The fourth-order valence-corrected chi connectivity index (χ4v) is 3.55. The van der Waals surface area contributed by atoms with Crippen LogP contribution >= 0.6 is 27.7 Å². The highest BCUT2D eigenvalue weighted by atomic mass is 79.9.